The fourth-order valence-corrected chi connectivity index (χ4v) is 3.48. The minimum Gasteiger partial charge on any atom is -0.478 e. The van der Waals surface area contributed by atoms with Gasteiger partial charge in [0.1, 0.15) is 11.3 Å². The van der Waals surface area contributed by atoms with Crippen LogP contribution in [0.5, 0.6) is 11.8 Å². The number of hydrogen-bond acceptors (Lipinski definition) is 6. The normalized spacial score (nSPS) is 10.9. The SMILES string of the molecule is COc1nnc(OC)c2c1nc(C)n2Cc1ccc(-c2ccccc2C(=O)O)cc1. The van der Waals surface area contributed by atoms with E-state index in [-0.39, 0.29) is 5.56 Å². The van der Waals surface area contributed by atoms with E-state index in [4.69, 9.17) is 9.47 Å². The maximum atomic E-state index is 11.5. The molecule has 0 aliphatic carbocycles. The van der Waals surface area contributed by atoms with E-state index < -0.39 is 5.97 Å². The van der Waals surface area contributed by atoms with E-state index in [1.165, 1.54) is 14.2 Å². The Labute approximate surface area is 172 Å². The predicted octanol–water partition coefficient (Wildman–Crippen LogP) is 3.57. The summed E-state index contributed by atoms with van der Waals surface area (Å²) in [5, 5.41) is 17.5. The number of benzene rings is 2. The lowest BCUT2D eigenvalue weighted by atomic mass is 9.99. The summed E-state index contributed by atoms with van der Waals surface area (Å²) in [5.41, 5.74) is 4.12. The van der Waals surface area contributed by atoms with Crippen LogP contribution in [0.4, 0.5) is 0 Å². The second kappa shape index (κ2) is 7.82. The van der Waals surface area contributed by atoms with Crippen molar-refractivity contribution in [2.45, 2.75) is 13.5 Å². The zero-order chi connectivity index (χ0) is 21.3. The summed E-state index contributed by atoms with van der Waals surface area (Å²) >= 11 is 0. The van der Waals surface area contributed by atoms with Crippen LogP contribution in [0.25, 0.3) is 22.2 Å². The minimum atomic E-state index is -0.947. The molecule has 1 N–H and O–H groups in total. The highest BCUT2D eigenvalue weighted by Gasteiger charge is 2.19. The molecule has 0 saturated heterocycles. The highest BCUT2D eigenvalue weighted by molar-refractivity contribution is 5.96. The number of nitrogens with zero attached hydrogens (tertiary/aromatic N) is 4. The highest BCUT2D eigenvalue weighted by atomic mass is 16.5. The minimum absolute atomic E-state index is 0.275. The average molecular weight is 404 g/mol. The van der Waals surface area contributed by atoms with Crippen molar-refractivity contribution < 1.29 is 19.4 Å². The van der Waals surface area contributed by atoms with Gasteiger partial charge in [0.25, 0.3) is 11.8 Å². The predicted molar refractivity (Wildman–Crippen MR) is 111 cm³/mol. The van der Waals surface area contributed by atoms with Gasteiger partial charge in [0.05, 0.1) is 19.8 Å². The first kappa shape index (κ1) is 19.4. The number of rotatable bonds is 6. The van der Waals surface area contributed by atoms with E-state index in [9.17, 15) is 9.90 Å². The number of hydrogen-bond donors (Lipinski definition) is 1. The largest absolute Gasteiger partial charge is 0.478 e. The molecule has 0 saturated carbocycles. The van der Waals surface area contributed by atoms with Gasteiger partial charge in [-0.25, -0.2) is 9.78 Å². The number of carboxylic acids is 1. The molecule has 0 spiro atoms. The van der Waals surface area contributed by atoms with Gasteiger partial charge in [-0.05, 0) is 29.7 Å². The summed E-state index contributed by atoms with van der Waals surface area (Å²) < 4.78 is 12.7. The number of methoxy groups -OCH3 is 2. The van der Waals surface area contributed by atoms with Gasteiger partial charge < -0.3 is 19.1 Å². The van der Waals surface area contributed by atoms with Gasteiger partial charge in [0.15, 0.2) is 5.52 Å². The van der Waals surface area contributed by atoms with Crippen molar-refractivity contribution in [2.24, 2.45) is 0 Å². The molecule has 0 radical (unpaired) electrons. The molecule has 0 atom stereocenters. The molecule has 0 aliphatic rings. The van der Waals surface area contributed by atoms with Gasteiger partial charge >= 0.3 is 5.97 Å². The van der Waals surface area contributed by atoms with Crippen LogP contribution in [0.15, 0.2) is 48.5 Å². The lowest BCUT2D eigenvalue weighted by Crippen LogP contribution is -2.05. The number of carboxylic acid groups (broad SMARTS) is 1. The fourth-order valence-electron chi connectivity index (χ4n) is 3.48. The molecular formula is C22H20N4O4. The third kappa shape index (κ3) is 3.32. The van der Waals surface area contributed by atoms with Gasteiger partial charge in [-0.15, -0.1) is 10.2 Å². The Morgan fingerprint density at radius 3 is 2.33 bits per heavy atom. The Balaban J connectivity index is 1.72. The van der Waals surface area contributed by atoms with Gasteiger partial charge in [0.2, 0.25) is 0 Å². The van der Waals surface area contributed by atoms with Crippen LogP contribution in [0.3, 0.4) is 0 Å². The topological polar surface area (TPSA) is 99.4 Å². The third-order valence-corrected chi connectivity index (χ3v) is 4.95. The lowest BCUT2D eigenvalue weighted by Gasteiger charge is -2.11. The monoisotopic (exact) mass is 404 g/mol. The van der Waals surface area contributed by atoms with E-state index in [0.717, 1.165) is 17.0 Å². The fraction of sp³-hybridized carbons (Fsp3) is 0.182. The van der Waals surface area contributed by atoms with Crippen molar-refractivity contribution in [3.05, 3.63) is 65.5 Å². The first-order valence-electron chi connectivity index (χ1n) is 9.26. The first-order chi connectivity index (χ1) is 14.5. The Bertz CT molecular complexity index is 1230. The molecule has 8 nitrogen and oxygen atoms in total. The summed E-state index contributed by atoms with van der Waals surface area (Å²) in [6.07, 6.45) is 0. The molecule has 0 aliphatic heterocycles. The molecule has 0 unspecified atom stereocenters. The smallest absolute Gasteiger partial charge is 0.336 e. The number of ether oxygens (including phenoxy) is 2. The molecule has 2 heterocycles. The molecule has 4 rings (SSSR count). The van der Waals surface area contributed by atoms with Gasteiger partial charge in [-0.1, -0.05) is 42.5 Å². The van der Waals surface area contributed by atoms with Crippen LogP contribution in [0, 0.1) is 6.92 Å². The van der Waals surface area contributed by atoms with Gasteiger partial charge in [-0.3, -0.25) is 0 Å². The van der Waals surface area contributed by atoms with Crippen molar-refractivity contribution in [3.63, 3.8) is 0 Å². The van der Waals surface area contributed by atoms with E-state index in [1.807, 2.05) is 47.9 Å². The van der Waals surface area contributed by atoms with Crippen LogP contribution in [-0.2, 0) is 6.54 Å². The Morgan fingerprint density at radius 1 is 1.00 bits per heavy atom. The molecule has 0 bridgehead atoms. The van der Waals surface area contributed by atoms with E-state index in [0.29, 0.717) is 34.9 Å². The molecule has 2 aromatic heterocycles. The van der Waals surface area contributed by atoms with Crippen molar-refractivity contribution in [1.82, 2.24) is 19.7 Å². The molecular weight excluding hydrogens is 384 g/mol. The van der Waals surface area contributed by atoms with E-state index in [2.05, 4.69) is 15.2 Å². The summed E-state index contributed by atoms with van der Waals surface area (Å²) in [4.78, 5) is 16.1. The maximum absolute atomic E-state index is 11.5. The molecule has 4 aromatic rings. The number of fused-ring (bicyclic) bond motifs is 1. The number of aromatic nitrogens is 4. The number of aryl methyl sites for hydroxylation is 1. The zero-order valence-corrected chi connectivity index (χ0v) is 16.8. The molecule has 8 heteroatoms. The van der Waals surface area contributed by atoms with Crippen molar-refractivity contribution in [2.75, 3.05) is 14.2 Å². The molecule has 2 aromatic carbocycles. The standard InChI is InChI=1S/C22H20N4O4/c1-13-23-18-19(21(30-3)25-24-20(18)29-2)26(13)12-14-8-10-15(11-9-14)16-6-4-5-7-17(16)22(27)28/h4-11H,12H2,1-3H3,(H,27,28). The summed E-state index contributed by atoms with van der Waals surface area (Å²) in [6.45, 7) is 2.44. The third-order valence-electron chi connectivity index (χ3n) is 4.95. The van der Waals surface area contributed by atoms with Crippen molar-refractivity contribution in [1.29, 1.82) is 0 Å². The first-order valence-corrected chi connectivity index (χ1v) is 9.26. The molecule has 30 heavy (non-hydrogen) atoms. The average Bonchev–Trinajstić information content (AvgIpc) is 3.09. The highest BCUT2D eigenvalue weighted by Crippen LogP contribution is 2.30. The van der Waals surface area contributed by atoms with Crippen LogP contribution in [0.2, 0.25) is 0 Å². The van der Waals surface area contributed by atoms with E-state index in [1.54, 1.807) is 12.1 Å². The second-order valence-corrected chi connectivity index (χ2v) is 6.71. The van der Waals surface area contributed by atoms with Crippen molar-refractivity contribution in [3.8, 4) is 22.9 Å². The Kier molecular flexibility index (Phi) is 5.05. The number of carbonyl (C=O) groups is 1. The quantitative estimate of drug-likeness (QED) is 0.524. The second-order valence-electron chi connectivity index (χ2n) is 6.71. The van der Waals surface area contributed by atoms with Crippen LogP contribution >= 0.6 is 0 Å². The van der Waals surface area contributed by atoms with Crippen molar-refractivity contribution >= 4 is 17.0 Å². The summed E-state index contributed by atoms with van der Waals surface area (Å²) in [5.74, 6) is 0.542. The number of imidazole rings is 1. The van der Waals surface area contributed by atoms with E-state index >= 15 is 0 Å². The van der Waals surface area contributed by atoms with Crippen LogP contribution in [-0.4, -0.2) is 45.0 Å². The number of aromatic carboxylic acids is 1. The van der Waals surface area contributed by atoms with Gasteiger partial charge in [-0.2, -0.15) is 0 Å². The van der Waals surface area contributed by atoms with Crippen LogP contribution in [0.1, 0.15) is 21.7 Å². The van der Waals surface area contributed by atoms with Gasteiger partial charge in [0, 0.05) is 6.54 Å². The molecule has 0 amide bonds. The Morgan fingerprint density at radius 2 is 1.67 bits per heavy atom. The van der Waals surface area contributed by atoms with Crippen LogP contribution < -0.4 is 9.47 Å². The maximum Gasteiger partial charge on any atom is 0.336 e. The molecule has 0 fully saturated rings. The molecule has 152 valence electrons. The Hall–Kier alpha value is -3.94. The zero-order valence-electron chi connectivity index (χ0n) is 16.8. The lowest BCUT2D eigenvalue weighted by molar-refractivity contribution is 0.0697. The summed E-state index contributed by atoms with van der Waals surface area (Å²) in [7, 11) is 3.06. The summed E-state index contributed by atoms with van der Waals surface area (Å²) in [6, 6.07) is 14.7.